The number of carbonyl (C=O) groups is 1. The molecular formula is C7H9NaO4. The summed E-state index contributed by atoms with van der Waals surface area (Å²) < 4.78 is 0. The predicted molar refractivity (Wildman–Crippen MR) is 45.8 cm³/mol. The van der Waals surface area contributed by atoms with E-state index in [1.165, 1.54) is 0 Å². The molecule has 0 atom stereocenters. The molecule has 0 spiro atoms. The zero-order valence-corrected chi connectivity index (χ0v) is 5.64. The van der Waals surface area contributed by atoms with Crippen LogP contribution in [-0.4, -0.2) is 51.1 Å². The number of carboxylic acids is 1. The Morgan fingerprint density at radius 1 is 1.08 bits per heavy atom. The summed E-state index contributed by atoms with van der Waals surface area (Å²) in [5, 5.41) is 20.4. The maximum atomic E-state index is 10.2. The molecule has 0 amide bonds. The number of benzene rings is 1. The number of hydrogen-bond acceptors (Lipinski definition) is 3. The Balaban J connectivity index is 0. The molecule has 62 valence electrons. The van der Waals surface area contributed by atoms with E-state index in [-0.39, 0.29) is 29.6 Å². The first-order chi connectivity index (χ1) is 5.30. The molecule has 3 N–H and O–H groups in total. The van der Waals surface area contributed by atoms with E-state index >= 15 is 0 Å². The molecule has 1 rings (SSSR count). The van der Waals surface area contributed by atoms with Crippen LogP contribution in [-0.2, 0) is 0 Å². The number of aromatic carboxylic acids is 1. The Hall–Kier alpha value is -0.390. The molecule has 0 unspecified atom stereocenters. The first-order valence-electron chi connectivity index (χ1n) is 2.79. The van der Waals surface area contributed by atoms with Gasteiger partial charge >= 0.3 is 35.5 Å². The standard InChI is InChI=1S/C7H6O2.Na.H2O2.H/c8-7(9)6-4-2-1-3-5-6;;1-2;/h1-5H,(H,8,9);;1-2H;. The predicted octanol–water partition coefficient (Wildman–Crippen LogP) is 0.754. The van der Waals surface area contributed by atoms with Crippen molar-refractivity contribution in [2.24, 2.45) is 0 Å². The molecule has 0 saturated carbocycles. The summed E-state index contributed by atoms with van der Waals surface area (Å²) in [6.07, 6.45) is 0. The second-order valence-corrected chi connectivity index (χ2v) is 1.67. The third kappa shape index (κ3) is 5.29. The van der Waals surface area contributed by atoms with Crippen LogP contribution in [0.4, 0.5) is 0 Å². The SMILES string of the molecule is O=C(O)c1ccccc1.OO.[NaH]. The van der Waals surface area contributed by atoms with Crippen molar-refractivity contribution in [1.29, 1.82) is 0 Å². The molecule has 1 aromatic rings. The normalized spacial score (nSPS) is 7.17. The maximum absolute atomic E-state index is 10.2. The van der Waals surface area contributed by atoms with E-state index in [9.17, 15) is 4.79 Å². The molecule has 0 saturated heterocycles. The van der Waals surface area contributed by atoms with Gasteiger partial charge in [-0.25, -0.2) is 4.79 Å². The summed E-state index contributed by atoms with van der Waals surface area (Å²) in [5.74, 6) is -0.879. The van der Waals surface area contributed by atoms with E-state index in [4.69, 9.17) is 15.6 Å². The summed E-state index contributed by atoms with van der Waals surface area (Å²) in [7, 11) is 0. The van der Waals surface area contributed by atoms with Gasteiger partial charge in [0, 0.05) is 0 Å². The van der Waals surface area contributed by atoms with Crippen molar-refractivity contribution < 1.29 is 20.4 Å². The van der Waals surface area contributed by atoms with Gasteiger partial charge in [0.05, 0.1) is 5.56 Å². The Kier molecular flexibility index (Phi) is 10.3. The third-order valence-electron chi connectivity index (χ3n) is 1.02. The van der Waals surface area contributed by atoms with Crippen LogP contribution in [0.5, 0.6) is 0 Å². The molecule has 0 bridgehead atoms. The summed E-state index contributed by atoms with van der Waals surface area (Å²) in [4.78, 5) is 10.2. The fourth-order valence-electron chi connectivity index (χ4n) is 0.581. The van der Waals surface area contributed by atoms with Gasteiger partial charge in [0.25, 0.3) is 0 Å². The molecule has 0 aliphatic rings. The van der Waals surface area contributed by atoms with E-state index in [1.807, 2.05) is 0 Å². The zero-order valence-electron chi connectivity index (χ0n) is 5.64. The van der Waals surface area contributed by atoms with E-state index in [2.05, 4.69) is 0 Å². The Labute approximate surface area is 91.7 Å². The van der Waals surface area contributed by atoms with Crippen LogP contribution < -0.4 is 0 Å². The molecule has 1 aromatic carbocycles. The van der Waals surface area contributed by atoms with Crippen molar-refractivity contribution in [3.63, 3.8) is 0 Å². The number of hydrogen-bond donors (Lipinski definition) is 3. The van der Waals surface area contributed by atoms with Crippen LogP contribution in [0.2, 0.25) is 0 Å². The average molecular weight is 180 g/mol. The van der Waals surface area contributed by atoms with Gasteiger partial charge in [-0.1, -0.05) is 18.2 Å². The molecule has 0 radical (unpaired) electrons. The van der Waals surface area contributed by atoms with E-state index in [0.29, 0.717) is 5.56 Å². The van der Waals surface area contributed by atoms with Gasteiger partial charge < -0.3 is 5.11 Å². The first kappa shape index (κ1) is 14.2. The van der Waals surface area contributed by atoms with Gasteiger partial charge in [0.1, 0.15) is 0 Å². The number of rotatable bonds is 1. The zero-order chi connectivity index (χ0) is 8.69. The molecule has 0 aliphatic heterocycles. The van der Waals surface area contributed by atoms with Gasteiger partial charge in [-0.05, 0) is 12.1 Å². The molecule has 12 heavy (non-hydrogen) atoms. The minimum absolute atomic E-state index is 0. The van der Waals surface area contributed by atoms with Crippen LogP contribution in [0.25, 0.3) is 0 Å². The van der Waals surface area contributed by atoms with Crippen molar-refractivity contribution in [2.75, 3.05) is 0 Å². The molecule has 4 nitrogen and oxygen atoms in total. The molecule has 0 heterocycles. The Morgan fingerprint density at radius 3 is 1.75 bits per heavy atom. The van der Waals surface area contributed by atoms with Gasteiger partial charge in [0.15, 0.2) is 0 Å². The van der Waals surface area contributed by atoms with Gasteiger partial charge in [-0.2, -0.15) is 0 Å². The van der Waals surface area contributed by atoms with E-state index in [1.54, 1.807) is 30.3 Å². The van der Waals surface area contributed by atoms with Crippen molar-refractivity contribution in [1.82, 2.24) is 0 Å². The third-order valence-corrected chi connectivity index (χ3v) is 1.02. The average Bonchev–Trinajstić information content (AvgIpc) is 2.10. The molecule has 0 aliphatic carbocycles. The minimum atomic E-state index is -0.879. The van der Waals surface area contributed by atoms with Crippen LogP contribution in [0.3, 0.4) is 0 Å². The Bertz CT molecular complexity index is 212. The second kappa shape index (κ2) is 8.70. The summed E-state index contributed by atoms with van der Waals surface area (Å²) >= 11 is 0. The van der Waals surface area contributed by atoms with Gasteiger partial charge in [0.2, 0.25) is 0 Å². The topological polar surface area (TPSA) is 77.8 Å². The van der Waals surface area contributed by atoms with Crippen molar-refractivity contribution in [3.05, 3.63) is 35.9 Å². The molecular weight excluding hydrogens is 171 g/mol. The fraction of sp³-hybridized carbons (Fsp3) is 0. The van der Waals surface area contributed by atoms with Crippen molar-refractivity contribution in [2.45, 2.75) is 0 Å². The van der Waals surface area contributed by atoms with Crippen LogP contribution in [0.1, 0.15) is 10.4 Å². The number of carboxylic acid groups (broad SMARTS) is 1. The summed E-state index contributed by atoms with van der Waals surface area (Å²) in [6.45, 7) is 0. The van der Waals surface area contributed by atoms with E-state index in [0.717, 1.165) is 0 Å². The van der Waals surface area contributed by atoms with Crippen molar-refractivity contribution in [3.8, 4) is 0 Å². The second-order valence-electron chi connectivity index (χ2n) is 1.67. The molecule has 0 aromatic heterocycles. The first-order valence-corrected chi connectivity index (χ1v) is 2.79. The fourth-order valence-corrected chi connectivity index (χ4v) is 0.581. The van der Waals surface area contributed by atoms with E-state index < -0.39 is 5.97 Å². The molecule has 0 fully saturated rings. The van der Waals surface area contributed by atoms with Crippen LogP contribution in [0, 0.1) is 0 Å². The van der Waals surface area contributed by atoms with Gasteiger partial charge in [-0.3, -0.25) is 10.5 Å². The van der Waals surface area contributed by atoms with Crippen LogP contribution in [0.15, 0.2) is 30.3 Å². The Morgan fingerprint density at radius 2 is 1.50 bits per heavy atom. The van der Waals surface area contributed by atoms with Gasteiger partial charge in [-0.15, -0.1) is 0 Å². The van der Waals surface area contributed by atoms with Crippen LogP contribution >= 0.6 is 0 Å². The molecule has 5 heteroatoms. The monoisotopic (exact) mass is 180 g/mol. The summed E-state index contributed by atoms with van der Waals surface area (Å²) in [6, 6.07) is 8.30. The van der Waals surface area contributed by atoms with Crippen molar-refractivity contribution >= 4 is 35.5 Å². The summed E-state index contributed by atoms with van der Waals surface area (Å²) in [5.41, 5.74) is 0.331. The quantitative estimate of drug-likeness (QED) is 0.338.